The Morgan fingerprint density at radius 1 is 1.20 bits per heavy atom. The van der Waals surface area contributed by atoms with Gasteiger partial charge >= 0.3 is 6.18 Å². The van der Waals surface area contributed by atoms with Crippen LogP contribution in [0.15, 0.2) is 58.3 Å². The van der Waals surface area contributed by atoms with Crippen LogP contribution in [0, 0.1) is 0 Å². The number of alkyl halides is 3. The van der Waals surface area contributed by atoms with Crippen molar-refractivity contribution in [2.75, 3.05) is 11.1 Å². The number of nitrogens with zero attached hydrogens (tertiary/aromatic N) is 2. The number of nitrogens with one attached hydrogen (secondary N) is 2. The Hall–Kier alpha value is -2.98. The summed E-state index contributed by atoms with van der Waals surface area (Å²) in [5, 5.41) is 10.9. The van der Waals surface area contributed by atoms with E-state index >= 15 is 0 Å². The Morgan fingerprint density at radius 2 is 2.00 bits per heavy atom. The van der Waals surface area contributed by atoms with Gasteiger partial charge in [0.05, 0.1) is 21.9 Å². The molecule has 2 aromatic carbocycles. The number of aromatic amines is 1. The Kier molecular flexibility index (Phi) is 5.44. The lowest BCUT2D eigenvalue weighted by atomic mass is 10.2. The molecule has 154 valence electrons. The second kappa shape index (κ2) is 8.04. The second-order valence-electron chi connectivity index (χ2n) is 6.15. The highest BCUT2D eigenvalue weighted by molar-refractivity contribution is 7.99. The summed E-state index contributed by atoms with van der Waals surface area (Å²) in [7, 11) is 0. The van der Waals surface area contributed by atoms with E-state index in [2.05, 4.69) is 20.5 Å². The van der Waals surface area contributed by atoms with Crippen LogP contribution in [0.3, 0.4) is 0 Å². The standard InChI is InChI=1S/C19H12ClF3N4O2S/c20-14-6-5-10(7-13(14)19(21,22)23)25-16(28)9-30-18-27-26-17(29-18)12-8-24-15-4-2-1-3-11(12)15/h1-8,24H,9H2,(H,25,28). The van der Waals surface area contributed by atoms with Crippen LogP contribution in [0.4, 0.5) is 18.9 Å². The third-order valence-corrected chi connectivity index (χ3v) is 5.26. The fourth-order valence-corrected chi connectivity index (χ4v) is 3.56. The lowest BCUT2D eigenvalue weighted by molar-refractivity contribution is -0.137. The molecule has 0 bridgehead atoms. The average Bonchev–Trinajstić information content (AvgIpc) is 3.33. The molecule has 2 aromatic heterocycles. The van der Waals surface area contributed by atoms with E-state index in [0.29, 0.717) is 5.89 Å². The zero-order valence-electron chi connectivity index (χ0n) is 15.0. The molecule has 0 atom stereocenters. The normalized spacial score (nSPS) is 11.7. The van der Waals surface area contributed by atoms with Crippen molar-refractivity contribution < 1.29 is 22.4 Å². The molecular formula is C19H12ClF3N4O2S. The van der Waals surface area contributed by atoms with E-state index in [1.807, 2.05) is 24.3 Å². The van der Waals surface area contributed by atoms with Crippen molar-refractivity contribution in [1.29, 1.82) is 0 Å². The van der Waals surface area contributed by atoms with Gasteiger partial charge in [0, 0.05) is 22.8 Å². The first-order valence-corrected chi connectivity index (χ1v) is 9.87. The summed E-state index contributed by atoms with van der Waals surface area (Å²) in [6.45, 7) is 0. The molecule has 0 spiro atoms. The summed E-state index contributed by atoms with van der Waals surface area (Å²) in [6, 6.07) is 10.8. The number of carbonyl (C=O) groups is 1. The van der Waals surface area contributed by atoms with Crippen molar-refractivity contribution in [2.45, 2.75) is 11.4 Å². The lowest BCUT2D eigenvalue weighted by Crippen LogP contribution is -2.15. The Labute approximate surface area is 176 Å². The van der Waals surface area contributed by atoms with Gasteiger partial charge in [-0.05, 0) is 24.3 Å². The second-order valence-corrected chi connectivity index (χ2v) is 7.48. The van der Waals surface area contributed by atoms with Gasteiger partial charge in [0.15, 0.2) is 0 Å². The number of hydrogen-bond acceptors (Lipinski definition) is 5. The summed E-state index contributed by atoms with van der Waals surface area (Å²) >= 11 is 6.55. The smallest absolute Gasteiger partial charge is 0.411 e. The number of H-pyrrole nitrogens is 1. The summed E-state index contributed by atoms with van der Waals surface area (Å²) in [5.74, 6) is -0.357. The summed E-state index contributed by atoms with van der Waals surface area (Å²) in [5.41, 5.74) is 0.618. The molecule has 4 aromatic rings. The van der Waals surface area contributed by atoms with Crippen molar-refractivity contribution >= 4 is 45.9 Å². The van der Waals surface area contributed by atoms with Gasteiger partial charge in [-0.15, -0.1) is 10.2 Å². The molecule has 0 fully saturated rings. The maximum Gasteiger partial charge on any atom is 0.417 e. The van der Waals surface area contributed by atoms with Crippen LogP contribution >= 0.6 is 23.4 Å². The summed E-state index contributed by atoms with van der Waals surface area (Å²) in [4.78, 5) is 15.2. The zero-order valence-corrected chi connectivity index (χ0v) is 16.5. The number of thioether (sulfide) groups is 1. The highest BCUT2D eigenvalue weighted by atomic mass is 35.5. The molecule has 0 unspecified atom stereocenters. The zero-order chi connectivity index (χ0) is 21.3. The van der Waals surface area contributed by atoms with Crippen molar-refractivity contribution in [3.63, 3.8) is 0 Å². The maximum atomic E-state index is 12.9. The molecule has 6 nitrogen and oxygen atoms in total. The minimum Gasteiger partial charge on any atom is -0.411 e. The number of rotatable bonds is 5. The van der Waals surface area contributed by atoms with Crippen LogP contribution in [-0.4, -0.2) is 26.8 Å². The molecule has 30 heavy (non-hydrogen) atoms. The monoisotopic (exact) mass is 452 g/mol. The van der Waals surface area contributed by atoms with Crippen LogP contribution in [0.1, 0.15) is 5.56 Å². The van der Waals surface area contributed by atoms with Crippen LogP contribution in [0.2, 0.25) is 5.02 Å². The van der Waals surface area contributed by atoms with Gasteiger partial charge in [0.25, 0.3) is 11.1 Å². The molecule has 1 amide bonds. The molecular weight excluding hydrogens is 441 g/mol. The topological polar surface area (TPSA) is 83.8 Å². The molecule has 11 heteroatoms. The number of benzene rings is 2. The fourth-order valence-electron chi connectivity index (χ4n) is 2.77. The number of halogens is 4. The molecule has 0 saturated heterocycles. The predicted octanol–water partition coefficient (Wildman–Crippen LogP) is 5.62. The molecule has 0 aliphatic carbocycles. The maximum absolute atomic E-state index is 12.9. The molecule has 0 saturated carbocycles. The van der Waals surface area contributed by atoms with Gasteiger partial charge in [-0.3, -0.25) is 4.79 Å². The summed E-state index contributed by atoms with van der Waals surface area (Å²) in [6.07, 6.45) is -2.87. The van der Waals surface area contributed by atoms with E-state index in [0.717, 1.165) is 40.4 Å². The number of hydrogen-bond donors (Lipinski definition) is 2. The molecule has 0 radical (unpaired) electrons. The minimum atomic E-state index is -4.62. The van der Waals surface area contributed by atoms with Gasteiger partial charge in [0.2, 0.25) is 5.91 Å². The number of anilines is 1. The lowest BCUT2D eigenvalue weighted by Gasteiger charge is -2.11. The van der Waals surface area contributed by atoms with Crippen molar-refractivity contribution in [3.8, 4) is 11.5 Å². The summed E-state index contributed by atoms with van der Waals surface area (Å²) < 4.78 is 44.4. The van der Waals surface area contributed by atoms with Crippen LogP contribution in [0.5, 0.6) is 0 Å². The largest absolute Gasteiger partial charge is 0.417 e. The predicted molar refractivity (Wildman–Crippen MR) is 107 cm³/mol. The SMILES string of the molecule is O=C(CSc1nnc(-c2c[nH]c3ccccc23)o1)Nc1ccc(Cl)c(C(F)(F)F)c1. The van der Waals surface area contributed by atoms with Crippen LogP contribution in [-0.2, 0) is 11.0 Å². The van der Waals surface area contributed by atoms with E-state index in [-0.39, 0.29) is 16.7 Å². The fraction of sp³-hybridized carbons (Fsp3) is 0.105. The van der Waals surface area contributed by atoms with Gasteiger partial charge in [-0.1, -0.05) is 41.6 Å². The highest BCUT2D eigenvalue weighted by Crippen LogP contribution is 2.36. The number of amides is 1. The van der Waals surface area contributed by atoms with Crippen LogP contribution in [0.25, 0.3) is 22.4 Å². The Bertz CT molecular complexity index is 1220. The van der Waals surface area contributed by atoms with Crippen molar-refractivity contribution in [1.82, 2.24) is 15.2 Å². The highest BCUT2D eigenvalue weighted by Gasteiger charge is 2.33. The van der Waals surface area contributed by atoms with Gasteiger partial charge in [-0.25, -0.2) is 0 Å². The van der Waals surface area contributed by atoms with Gasteiger partial charge in [-0.2, -0.15) is 13.2 Å². The van der Waals surface area contributed by atoms with E-state index in [1.54, 1.807) is 6.20 Å². The first kappa shape index (κ1) is 20.3. The minimum absolute atomic E-state index is 0.0117. The number of para-hydroxylation sites is 1. The third kappa shape index (κ3) is 4.29. The van der Waals surface area contributed by atoms with Crippen molar-refractivity contribution in [3.05, 3.63) is 59.2 Å². The first-order valence-electron chi connectivity index (χ1n) is 8.50. The molecule has 0 aliphatic rings. The van der Waals surface area contributed by atoms with Crippen molar-refractivity contribution in [2.24, 2.45) is 0 Å². The van der Waals surface area contributed by atoms with E-state index in [4.69, 9.17) is 16.0 Å². The Balaban J connectivity index is 1.41. The van der Waals surface area contributed by atoms with Gasteiger partial charge < -0.3 is 14.7 Å². The van der Waals surface area contributed by atoms with Gasteiger partial charge in [0.1, 0.15) is 0 Å². The number of aromatic nitrogens is 3. The molecule has 2 heterocycles. The number of carbonyl (C=O) groups excluding carboxylic acids is 1. The van der Waals surface area contributed by atoms with E-state index in [1.165, 1.54) is 6.07 Å². The van der Waals surface area contributed by atoms with Crippen LogP contribution < -0.4 is 5.32 Å². The molecule has 2 N–H and O–H groups in total. The Morgan fingerprint density at radius 3 is 2.80 bits per heavy atom. The van der Waals surface area contributed by atoms with E-state index in [9.17, 15) is 18.0 Å². The quantitative estimate of drug-likeness (QED) is 0.384. The average molecular weight is 453 g/mol. The molecule has 0 aliphatic heterocycles. The number of fused-ring (bicyclic) bond motifs is 1. The first-order chi connectivity index (χ1) is 14.3. The third-order valence-electron chi connectivity index (χ3n) is 4.11. The molecule has 4 rings (SSSR count). The van der Waals surface area contributed by atoms with E-state index < -0.39 is 22.7 Å².